The number of aromatic nitrogens is 1. The molecule has 0 saturated carbocycles. The number of pyridine rings is 1. The third-order valence-electron chi connectivity index (χ3n) is 6.87. The number of hydrogen-bond acceptors (Lipinski definition) is 6. The Morgan fingerprint density at radius 1 is 1.09 bits per heavy atom. The van der Waals surface area contributed by atoms with Gasteiger partial charge in [-0.25, -0.2) is 4.98 Å². The second kappa shape index (κ2) is 8.74. The molecule has 1 unspecified atom stereocenters. The SMILES string of the molecule is COc1cc(C(=O)N2CCC3(CC2)CCN(C(=O)C2COc4ccccc4O2)C3)cc(Cl)n1. The number of nitrogens with zero attached hydrogens (tertiary/aromatic N) is 3. The Morgan fingerprint density at radius 3 is 2.52 bits per heavy atom. The van der Waals surface area contributed by atoms with Gasteiger partial charge < -0.3 is 24.0 Å². The number of rotatable bonds is 3. The van der Waals surface area contributed by atoms with Crippen molar-refractivity contribution in [3.63, 3.8) is 0 Å². The summed E-state index contributed by atoms with van der Waals surface area (Å²) >= 11 is 6.03. The standard InChI is InChI=1S/C24H26ClN3O5/c1-31-21-13-16(12-20(25)26-21)22(29)27-9-6-24(7-10-27)8-11-28(15-24)23(30)19-14-32-17-4-2-3-5-18(17)33-19/h2-5,12-13,19H,6-11,14-15H2,1H3. The Kier molecular flexibility index (Phi) is 5.78. The molecule has 0 N–H and O–H groups in total. The first-order valence-corrected chi connectivity index (χ1v) is 11.5. The minimum atomic E-state index is -0.622. The molecule has 8 nitrogen and oxygen atoms in total. The first-order chi connectivity index (χ1) is 16.0. The molecular formula is C24H26ClN3O5. The number of likely N-dealkylation sites (tertiary alicyclic amines) is 2. The van der Waals surface area contributed by atoms with Crippen molar-refractivity contribution in [2.24, 2.45) is 5.41 Å². The largest absolute Gasteiger partial charge is 0.485 e. The number of para-hydroxylation sites is 2. The molecule has 3 aliphatic rings. The van der Waals surface area contributed by atoms with Crippen LogP contribution in [0.25, 0.3) is 0 Å². The fourth-order valence-electron chi connectivity index (χ4n) is 4.94. The van der Waals surface area contributed by atoms with E-state index in [0.29, 0.717) is 49.1 Å². The summed E-state index contributed by atoms with van der Waals surface area (Å²) in [4.78, 5) is 33.9. The summed E-state index contributed by atoms with van der Waals surface area (Å²) in [6.45, 7) is 2.88. The third-order valence-corrected chi connectivity index (χ3v) is 7.07. The lowest BCUT2D eigenvalue weighted by Crippen LogP contribution is -2.48. The fraction of sp³-hybridized carbons (Fsp3) is 0.458. The third kappa shape index (κ3) is 4.31. The van der Waals surface area contributed by atoms with Gasteiger partial charge in [-0.1, -0.05) is 23.7 Å². The van der Waals surface area contributed by atoms with Crippen LogP contribution in [0.1, 0.15) is 29.6 Å². The minimum absolute atomic E-state index is 0.0293. The van der Waals surface area contributed by atoms with Gasteiger partial charge >= 0.3 is 0 Å². The van der Waals surface area contributed by atoms with E-state index in [-0.39, 0.29) is 29.0 Å². The van der Waals surface area contributed by atoms with Crippen LogP contribution in [0.4, 0.5) is 0 Å². The molecule has 2 aromatic rings. The van der Waals surface area contributed by atoms with Crippen LogP contribution in [-0.4, -0.2) is 72.6 Å². The van der Waals surface area contributed by atoms with E-state index in [1.165, 1.54) is 7.11 Å². The van der Waals surface area contributed by atoms with Crippen molar-refractivity contribution in [2.75, 3.05) is 39.9 Å². The van der Waals surface area contributed by atoms with E-state index in [2.05, 4.69) is 4.98 Å². The molecule has 1 spiro atoms. The van der Waals surface area contributed by atoms with Crippen molar-refractivity contribution in [2.45, 2.75) is 25.4 Å². The molecule has 2 amide bonds. The topological polar surface area (TPSA) is 81.2 Å². The predicted molar refractivity (Wildman–Crippen MR) is 121 cm³/mol. The smallest absolute Gasteiger partial charge is 0.267 e. The maximum absolute atomic E-state index is 13.1. The number of piperidine rings is 1. The Bertz CT molecular complexity index is 1070. The van der Waals surface area contributed by atoms with Crippen molar-refractivity contribution in [3.8, 4) is 17.4 Å². The van der Waals surface area contributed by atoms with Crippen LogP contribution in [0.3, 0.4) is 0 Å². The van der Waals surface area contributed by atoms with Gasteiger partial charge in [-0.3, -0.25) is 9.59 Å². The maximum Gasteiger partial charge on any atom is 0.267 e. The number of carbonyl (C=O) groups is 2. The maximum atomic E-state index is 13.1. The van der Waals surface area contributed by atoms with Crippen LogP contribution < -0.4 is 14.2 Å². The molecule has 1 atom stereocenters. The van der Waals surface area contributed by atoms with Gasteiger partial charge in [0.25, 0.3) is 11.8 Å². The van der Waals surface area contributed by atoms with Crippen molar-refractivity contribution in [1.82, 2.24) is 14.8 Å². The molecule has 0 bridgehead atoms. The van der Waals surface area contributed by atoms with Crippen LogP contribution in [0.5, 0.6) is 17.4 Å². The number of amides is 2. The molecule has 5 rings (SSSR count). The summed E-state index contributed by atoms with van der Waals surface area (Å²) in [7, 11) is 1.49. The van der Waals surface area contributed by atoms with E-state index in [9.17, 15) is 9.59 Å². The Morgan fingerprint density at radius 2 is 1.79 bits per heavy atom. The van der Waals surface area contributed by atoms with Crippen LogP contribution in [-0.2, 0) is 4.79 Å². The van der Waals surface area contributed by atoms with E-state index < -0.39 is 6.10 Å². The summed E-state index contributed by atoms with van der Waals surface area (Å²) in [5.41, 5.74) is 0.508. The van der Waals surface area contributed by atoms with Crippen molar-refractivity contribution in [3.05, 3.63) is 47.1 Å². The lowest BCUT2D eigenvalue weighted by atomic mass is 9.77. The van der Waals surface area contributed by atoms with E-state index in [1.807, 2.05) is 34.1 Å². The highest BCUT2D eigenvalue weighted by atomic mass is 35.5. The zero-order valence-electron chi connectivity index (χ0n) is 18.5. The number of halogens is 1. The molecule has 4 heterocycles. The first-order valence-electron chi connectivity index (χ1n) is 11.1. The van der Waals surface area contributed by atoms with Crippen molar-refractivity contribution in [1.29, 1.82) is 0 Å². The number of hydrogen-bond donors (Lipinski definition) is 0. The van der Waals surface area contributed by atoms with Gasteiger partial charge in [0.15, 0.2) is 11.5 Å². The molecular weight excluding hydrogens is 446 g/mol. The molecule has 0 aliphatic carbocycles. The molecule has 9 heteroatoms. The molecule has 2 saturated heterocycles. The lowest BCUT2D eigenvalue weighted by molar-refractivity contribution is -0.140. The normalized spacial score (nSPS) is 21.2. The van der Waals surface area contributed by atoms with E-state index in [0.717, 1.165) is 19.3 Å². The van der Waals surface area contributed by atoms with Gasteiger partial charge in [0.05, 0.1) is 7.11 Å². The number of fused-ring (bicyclic) bond motifs is 1. The zero-order valence-corrected chi connectivity index (χ0v) is 19.2. The summed E-state index contributed by atoms with van der Waals surface area (Å²) in [5, 5.41) is 0.229. The Labute approximate surface area is 197 Å². The minimum Gasteiger partial charge on any atom is -0.485 e. The predicted octanol–water partition coefficient (Wildman–Crippen LogP) is 3.04. The number of ether oxygens (including phenoxy) is 3. The average Bonchev–Trinajstić information content (AvgIpc) is 3.26. The Balaban J connectivity index is 1.19. The van der Waals surface area contributed by atoms with Gasteiger partial charge in [-0.15, -0.1) is 0 Å². The quantitative estimate of drug-likeness (QED) is 0.640. The number of methoxy groups -OCH3 is 1. The molecule has 33 heavy (non-hydrogen) atoms. The second-order valence-electron chi connectivity index (χ2n) is 8.89. The summed E-state index contributed by atoms with van der Waals surface area (Å²) < 4.78 is 16.8. The van der Waals surface area contributed by atoms with Crippen LogP contribution in [0, 0.1) is 5.41 Å². The van der Waals surface area contributed by atoms with Gasteiger partial charge in [-0.05, 0) is 42.9 Å². The monoisotopic (exact) mass is 471 g/mol. The molecule has 0 radical (unpaired) electrons. The van der Waals surface area contributed by atoms with E-state index >= 15 is 0 Å². The van der Waals surface area contributed by atoms with E-state index in [1.54, 1.807) is 12.1 Å². The molecule has 3 aliphatic heterocycles. The molecule has 1 aromatic carbocycles. The van der Waals surface area contributed by atoms with Crippen molar-refractivity contribution < 1.29 is 23.8 Å². The first kappa shape index (κ1) is 21.8. The second-order valence-corrected chi connectivity index (χ2v) is 9.27. The molecule has 174 valence electrons. The van der Waals surface area contributed by atoms with Gasteiger partial charge in [0.2, 0.25) is 12.0 Å². The summed E-state index contributed by atoms with van der Waals surface area (Å²) in [6.07, 6.45) is 2.01. The van der Waals surface area contributed by atoms with Crippen LogP contribution >= 0.6 is 11.6 Å². The lowest BCUT2D eigenvalue weighted by Gasteiger charge is -2.39. The van der Waals surface area contributed by atoms with Crippen LogP contribution in [0.15, 0.2) is 36.4 Å². The molecule has 2 fully saturated rings. The molecule has 1 aromatic heterocycles. The highest BCUT2D eigenvalue weighted by Gasteiger charge is 2.44. The van der Waals surface area contributed by atoms with Gasteiger partial charge in [0, 0.05) is 37.8 Å². The zero-order chi connectivity index (χ0) is 23.0. The number of benzene rings is 1. The highest BCUT2D eigenvalue weighted by molar-refractivity contribution is 6.29. The van der Waals surface area contributed by atoms with Crippen molar-refractivity contribution >= 4 is 23.4 Å². The van der Waals surface area contributed by atoms with Gasteiger partial charge in [0.1, 0.15) is 11.8 Å². The fourth-order valence-corrected chi connectivity index (χ4v) is 5.14. The van der Waals surface area contributed by atoms with Crippen LogP contribution in [0.2, 0.25) is 5.15 Å². The summed E-state index contributed by atoms with van der Waals surface area (Å²) in [5.74, 6) is 1.49. The average molecular weight is 472 g/mol. The summed E-state index contributed by atoms with van der Waals surface area (Å²) in [6, 6.07) is 10.6. The van der Waals surface area contributed by atoms with Gasteiger partial charge in [-0.2, -0.15) is 0 Å². The Hall–Kier alpha value is -3.00. The number of carbonyl (C=O) groups excluding carboxylic acids is 2. The highest BCUT2D eigenvalue weighted by Crippen LogP contribution is 2.41. The van der Waals surface area contributed by atoms with E-state index in [4.69, 9.17) is 25.8 Å².